The zero-order chi connectivity index (χ0) is 13.5. The fourth-order valence-electron chi connectivity index (χ4n) is 0.623. The second-order valence-electron chi connectivity index (χ2n) is 2.89. The van der Waals surface area contributed by atoms with Crippen molar-refractivity contribution in [1.29, 1.82) is 0 Å². The Morgan fingerprint density at radius 2 is 2.00 bits per heavy atom. The smallest absolute Gasteiger partial charge is 0.388 e. The quantitative estimate of drug-likeness (QED) is 0.636. The van der Waals surface area contributed by atoms with Crippen molar-refractivity contribution in [2.75, 3.05) is 12.0 Å². The Balaban J connectivity index is 0.000000366. The normalized spacial score (nSPS) is 10.7. The Morgan fingerprint density at radius 3 is 2.29 bits per heavy atom. The minimum Gasteiger partial charge on any atom is -0.391 e. The van der Waals surface area contributed by atoms with Crippen LogP contribution in [0.4, 0.5) is 19.0 Å². The first-order valence-electron chi connectivity index (χ1n) is 4.67. The number of anilines is 1. The number of nitrogens with zero attached hydrogens (tertiary/aromatic N) is 2. The van der Waals surface area contributed by atoms with Crippen LogP contribution in [-0.2, 0) is 6.61 Å². The van der Waals surface area contributed by atoms with E-state index in [9.17, 15) is 13.2 Å². The van der Waals surface area contributed by atoms with Gasteiger partial charge in [-0.05, 0) is 6.26 Å². The van der Waals surface area contributed by atoms with Crippen LogP contribution in [0, 0.1) is 0 Å². The highest BCUT2D eigenvalue weighted by molar-refractivity contribution is 7.98. The second kappa shape index (κ2) is 7.33. The van der Waals surface area contributed by atoms with Crippen LogP contribution in [0.15, 0.2) is 11.4 Å². The molecule has 98 valence electrons. The molecule has 0 saturated heterocycles. The Bertz CT molecular complexity index is 347. The van der Waals surface area contributed by atoms with E-state index < -0.39 is 12.6 Å². The SMILES string of the molecule is CCC(F)(F)F.CSc1ncc(CO)c(N)n1. The van der Waals surface area contributed by atoms with Crippen molar-refractivity contribution in [2.45, 2.75) is 31.3 Å². The van der Waals surface area contributed by atoms with Gasteiger partial charge in [-0.3, -0.25) is 0 Å². The fraction of sp³-hybridized carbons (Fsp3) is 0.556. The molecule has 3 N–H and O–H groups in total. The van der Waals surface area contributed by atoms with E-state index in [1.165, 1.54) is 18.0 Å². The van der Waals surface area contributed by atoms with Crippen molar-refractivity contribution in [3.8, 4) is 0 Å². The molecular formula is C9H14F3N3OS. The van der Waals surface area contributed by atoms with Crippen LogP contribution in [0.1, 0.15) is 18.9 Å². The number of alkyl halides is 3. The topological polar surface area (TPSA) is 72.0 Å². The van der Waals surface area contributed by atoms with Crippen LogP contribution in [0.2, 0.25) is 0 Å². The van der Waals surface area contributed by atoms with Crippen molar-refractivity contribution in [1.82, 2.24) is 9.97 Å². The number of aromatic nitrogens is 2. The maximum absolute atomic E-state index is 10.8. The molecule has 1 aromatic rings. The molecule has 0 aliphatic heterocycles. The van der Waals surface area contributed by atoms with Gasteiger partial charge >= 0.3 is 6.18 Å². The van der Waals surface area contributed by atoms with Crippen LogP contribution in [0.25, 0.3) is 0 Å². The van der Waals surface area contributed by atoms with Crippen LogP contribution >= 0.6 is 11.8 Å². The first-order chi connectivity index (χ1) is 7.84. The third-order valence-electron chi connectivity index (χ3n) is 1.63. The Kier molecular flexibility index (Phi) is 6.89. The van der Waals surface area contributed by atoms with Gasteiger partial charge in [0.05, 0.1) is 6.61 Å². The van der Waals surface area contributed by atoms with E-state index in [1.807, 2.05) is 6.26 Å². The number of rotatable bonds is 2. The molecule has 1 heterocycles. The van der Waals surface area contributed by atoms with E-state index in [1.54, 1.807) is 0 Å². The number of aliphatic hydroxyl groups excluding tert-OH is 1. The Labute approximate surface area is 101 Å². The Morgan fingerprint density at radius 1 is 1.47 bits per heavy atom. The van der Waals surface area contributed by atoms with Crippen molar-refractivity contribution in [3.05, 3.63) is 11.8 Å². The average Bonchev–Trinajstić information content (AvgIpc) is 2.28. The van der Waals surface area contributed by atoms with E-state index >= 15 is 0 Å². The van der Waals surface area contributed by atoms with E-state index in [0.29, 0.717) is 16.5 Å². The number of hydrogen-bond donors (Lipinski definition) is 2. The van der Waals surface area contributed by atoms with Crippen LogP contribution in [0.5, 0.6) is 0 Å². The molecule has 0 aliphatic carbocycles. The lowest BCUT2D eigenvalue weighted by molar-refractivity contribution is -0.130. The Hall–Kier alpha value is -1.02. The lowest BCUT2D eigenvalue weighted by Crippen LogP contribution is -2.02. The van der Waals surface area contributed by atoms with Gasteiger partial charge in [-0.25, -0.2) is 9.97 Å². The number of aliphatic hydroxyl groups is 1. The standard InChI is InChI=1S/C6H9N3OS.C3H5F3/c1-11-6-8-2-4(3-10)5(7)9-6;1-2-3(4,5)6/h2,10H,3H2,1H3,(H2,7,8,9);2H2,1H3. The molecule has 0 atom stereocenters. The third-order valence-corrected chi connectivity index (χ3v) is 2.19. The van der Waals surface area contributed by atoms with Gasteiger partial charge in [0, 0.05) is 18.2 Å². The maximum Gasteiger partial charge on any atom is 0.388 e. The van der Waals surface area contributed by atoms with Crippen LogP contribution in [-0.4, -0.2) is 27.5 Å². The van der Waals surface area contributed by atoms with Crippen molar-refractivity contribution < 1.29 is 18.3 Å². The monoisotopic (exact) mass is 269 g/mol. The number of halogens is 3. The highest BCUT2D eigenvalue weighted by Crippen LogP contribution is 2.17. The first kappa shape index (κ1) is 16.0. The first-order valence-corrected chi connectivity index (χ1v) is 5.89. The summed E-state index contributed by atoms with van der Waals surface area (Å²) in [5.41, 5.74) is 6.06. The summed E-state index contributed by atoms with van der Waals surface area (Å²) in [6.45, 7) is 0.973. The molecule has 0 radical (unpaired) electrons. The molecule has 0 aliphatic rings. The van der Waals surface area contributed by atoms with Crippen LogP contribution < -0.4 is 5.73 Å². The molecule has 0 saturated carbocycles. The summed E-state index contributed by atoms with van der Waals surface area (Å²) < 4.78 is 32.4. The molecule has 0 aromatic carbocycles. The number of nitrogen functional groups attached to an aromatic ring is 1. The zero-order valence-electron chi connectivity index (χ0n) is 9.45. The predicted octanol–water partition coefficient (Wildman–Crippen LogP) is 2.23. The highest BCUT2D eigenvalue weighted by atomic mass is 32.2. The molecule has 8 heteroatoms. The lowest BCUT2D eigenvalue weighted by Gasteiger charge is -2.00. The summed E-state index contributed by atoms with van der Waals surface area (Å²) in [6, 6.07) is 0. The van der Waals surface area contributed by atoms with E-state index in [2.05, 4.69) is 9.97 Å². The van der Waals surface area contributed by atoms with Crippen LogP contribution in [0.3, 0.4) is 0 Å². The molecular weight excluding hydrogens is 255 g/mol. The highest BCUT2D eigenvalue weighted by Gasteiger charge is 2.22. The minimum atomic E-state index is -3.96. The van der Waals surface area contributed by atoms with Gasteiger partial charge in [0.15, 0.2) is 5.16 Å². The summed E-state index contributed by atoms with van der Waals surface area (Å²) in [6.07, 6.45) is -1.28. The van der Waals surface area contributed by atoms with Gasteiger partial charge in [0.1, 0.15) is 5.82 Å². The van der Waals surface area contributed by atoms with E-state index in [-0.39, 0.29) is 6.61 Å². The third kappa shape index (κ3) is 7.01. The van der Waals surface area contributed by atoms with Gasteiger partial charge in [0.2, 0.25) is 0 Å². The van der Waals surface area contributed by atoms with Gasteiger partial charge in [0.25, 0.3) is 0 Å². The average molecular weight is 269 g/mol. The molecule has 17 heavy (non-hydrogen) atoms. The van der Waals surface area contributed by atoms with Crippen molar-refractivity contribution >= 4 is 17.6 Å². The molecule has 1 rings (SSSR count). The largest absolute Gasteiger partial charge is 0.391 e. The van der Waals surface area contributed by atoms with Crippen molar-refractivity contribution in [2.24, 2.45) is 0 Å². The van der Waals surface area contributed by atoms with Gasteiger partial charge in [-0.15, -0.1) is 0 Å². The minimum absolute atomic E-state index is 0.111. The van der Waals surface area contributed by atoms with Gasteiger partial charge < -0.3 is 10.8 Å². The molecule has 0 fully saturated rings. The van der Waals surface area contributed by atoms with E-state index in [0.717, 1.165) is 6.92 Å². The summed E-state index contributed by atoms with van der Waals surface area (Å²) in [5, 5.41) is 9.34. The van der Waals surface area contributed by atoms with Gasteiger partial charge in [-0.1, -0.05) is 18.7 Å². The van der Waals surface area contributed by atoms with E-state index in [4.69, 9.17) is 10.8 Å². The lowest BCUT2D eigenvalue weighted by atomic mass is 10.3. The molecule has 0 amide bonds. The second-order valence-corrected chi connectivity index (χ2v) is 3.67. The molecule has 0 spiro atoms. The molecule has 4 nitrogen and oxygen atoms in total. The summed E-state index contributed by atoms with van der Waals surface area (Å²) >= 11 is 1.42. The number of thioether (sulfide) groups is 1. The maximum atomic E-state index is 10.8. The number of hydrogen-bond acceptors (Lipinski definition) is 5. The molecule has 0 unspecified atom stereocenters. The predicted molar refractivity (Wildman–Crippen MR) is 60.5 cm³/mol. The molecule has 0 bridgehead atoms. The number of nitrogens with two attached hydrogens (primary N) is 1. The molecule has 1 aromatic heterocycles. The summed E-state index contributed by atoms with van der Waals surface area (Å²) in [4.78, 5) is 7.87. The zero-order valence-corrected chi connectivity index (χ0v) is 10.3. The summed E-state index contributed by atoms with van der Waals surface area (Å²) in [7, 11) is 0. The van der Waals surface area contributed by atoms with Gasteiger partial charge in [-0.2, -0.15) is 13.2 Å². The van der Waals surface area contributed by atoms with Crippen molar-refractivity contribution in [3.63, 3.8) is 0 Å². The summed E-state index contributed by atoms with van der Waals surface area (Å²) in [5.74, 6) is 0.354. The fourth-order valence-corrected chi connectivity index (χ4v) is 0.971.